The normalized spacial score (nSPS) is 11.7. The van der Waals surface area contributed by atoms with Gasteiger partial charge in [0.25, 0.3) is 5.69 Å². The average molecular weight is 428 g/mol. The summed E-state index contributed by atoms with van der Waals surface area (Å²) < 4.78 is 11.6. The molecule has 0 fully saturated rings. The fourth-order valence-corrected chi connectivity index (χ4v) is 3.45. The van der Waals surface area contributed by atoms with Gasteiger partial charge in [-0.05, 0) is 43.5 Å². The maximum atomic E-state index is 12.7. The summed E-state index contributed by atoms with van der Waals surface area (Å²) in [4.78, 5) is 23.0. The van der Waals surface area contributed by atoms with Crippen molar-refractivity contribution >= 4 is 11.7 Å². The molecular formula is C25H33NO5. The maximum absolute atomic E-state index is 12.7. The molecule has 2 aromatic rings. The molecule has 31 heavy (non-hydrogen) atoms. The van der Waals surface area contributed by atoms with E-state index < -0.39 is 10.9 Å². The standard InChI is InChI=1S/C25H33NO5/c1-3-5-6-7-8-9-13-21(12-4-2)30-24-15-11-10-14-23(24)25(27)31-22-18-16-20(17-19-22)26(28)29/h10-11,14-19,21H,3-9,12-13H2,1-2H3. The number of ether oxygens (including phenoxy) is 2. The van der Waals surface area contributed by atoms with E-state index in [1.807, 2.05) is 6.07 Å². The van der Waals surface area contributed by atoms with Crippen molar-refractivity contribution in [2.75, 3.05) is 0 Å². The van der Waals surface area contributed by atoms with Crippen molar-refractivity contribution in [3.63, 3.8) is 0 Å². The molecule has 0 bridgehead atoms. The Morgan fingerprint density at radius 3 is 2.26 bits per heavy atom. The molecule has 1 atom stereocenters. The van der Waals surface area contributed by atoms with Gasteiger partial charge >= 0.3 is 5.97 Å². The number of carbonyl (C=O) groups is 1. The Labute approximate surface area is 184 Å². The van der Waals surface area contributed by atoms with E-state index in [0.29, 0.717) is 11.3 Å². The number of benzene rings is 2. The van der Waals surface area contributed by atoms with E-state index in [1.54, 1.807) is 18.2 Å². The van der Waals surface area contributed by atoms with Crippen molar-refractivity contribution in [1.82, 2.24) is 0 Å². The van der Waals surface area contributed by atoms with Crippen LogP contribution in [0.5, 0.6) is 11.5 Å². The predicted molar refractivity (Wildman–Crippen MR) is 122 cm³/mol. The number of para-hydroxylation sites is 1. The van der Waals surface area contributed by atoms with E-state index in [4.69, 9.17) is 9.47 Å². The molecule has 0 aliphatic heterocycles. The quantitative estimate of drug-likeness (QED) is 0.105. The van der Waals surface area contributed by atoms with E-state index in [2.05, 4.69) is 13.8 Å². The zero-order valence-electron chi connectivity index (χ0n) is 18.5. The van der Waals surface area contributed by atoms with Crippen LogP contribution in [0, 0.1) is 10.1 Å². The van der Waals surface area contributed by atoms with Gasteiger partial charge in [-0.15, -0.1) is 0 Å². The molecule has 0 radical (unpaired) electrons. The highest BCUT2D eigenvalue weighted by Crippen LogP contribution is 2.25. The lowest BCUT2D eigenvalue weighted by molar-refractivity contribution is -0.384. The molecule has 168 valence electrons. The Balaban J connectivity index is 1.99. The summed E-state index contributed by atoms with van der Waals surface area (Å²) in [7, 11) is 0. The van der Waals surface area contributed by atoms with Crippen molar-refractivity contribution in [2.24, 2.45) is 0 Å². The topological polar surface area (TPSA) is 78.7 Å². The Morgan fingerprint density at radius 2 is 1.58 bits per heavy atom. The van der Waals surface area contributed by atoms with E-state index in [0.717, 1.165) is 25.7 Å². The number of nitro benzene ring substituents is 1. The maximum Gasteiger partial charge on any atom is 0.347 e. The molecule has 0 aromatic heterocycles. The summed E-state index contributed by atoms with van der Waals surface area (Å²) in [6.07, 6.45) is 10.4. The van der Waals surface area contributed by atoms with Gasteiger partial charge in [0.2, 0.25) is 0 Å². The van der Waals surface area contributed by atoms with Crippen molar-refractivity contribution in [1.29, 1.82) is 0 Å². The molecule has 0 saturated heterocycles. The van der Waals surface area contributed by atoms with Crippen LogP contribution in [0.4, 0.5) is 5.69 Å². The summed E-state index contributed by atoms with van der Waals surface area (Å²) in [6, 6.07) is 12.5. The van der Waals surface area contributed by atoms with Crippen LogP contribution in [0.25, 0.3) is 0 Å². The van der Waals surface area contributed by atoms with Crippen molar-refractivity contribution in [3.05, 3.63) is 64.2 Å². The number of unbranched alkanes of at least 4 members (excludes halogenated alkanes) is 5. The van der Waals surface area contributed by atoms with Gasteiger partial charge in [0, 0.05) is 12.1 Å². The number of nitro groups is 1. The highest BCUT2D eigenvalue weighted by molar-refractivity contribution is 5.94. The molecule has 2 rings (SSSR count). The van der Waals surface area contributed by atoms with Crippen LogP contribution >= 0.6 is 0 Å². The highest BCUT2D eigenvalue weighted by atomic mass is 16.6. The molecule has 6 heteroatoms. The number of carbonyl (C=O) groups excluding carboxylic acids is 1. The van der Waals surface area contributed by atoms with Gasteiger partial charge < -0.3 is 9.47 Å². The zero-order chi connectivity index (χ0) is 22.5. The molecule has 0 aliphatic rings. The van der Waals surface area contributed by atoms with Gasteiger partial charge in [0.1, 0.15) is 17.1 Å². The van der Waals surface area contributed by atoms with Gasteiger partial charge in [0.05, 0.1) is 11.0 Å². The van der Waals surface area contributed by atoms with Gasteiger partial charge in [-0.2, -0.15) is 0 Å². The van der Waals surface area contributed by atoms with E-state index >= 15 is 0 Å². The van der Waals surface area contributed by atoms with Crippen LogP contribution in [0.15, 0.2) is 48.5 Å². The first kappa shape index (κ1) is 24.4. The first-order valence-electron chi connectivity index (χ1n) is 11.3. The second kappa shape index (κ2) is 13.4. The minimum Gasteiger partial charge on any atom is -0.490 e. The Kier molecular flexibility index (Phi) is 10.6. The van der Waals surface area contributed by atoms with Gasteiger partial charge in [-0.25, -0.2) is 4.79 Å². The molecule has 0 aliphatic carbocycles. The van der Waals surface area contributed by atoms with Crippen LogP contribution in [0.1, 0.15) is 82.0 Å². The zero-order valence-corrected chi connectivity index (χ0v) is 18.5. The minimum atomic E-state index is -0.542. The van der Waals surface area contributed by atoms with Gasteiger partial charge in [0.15, 0.2) is 0 Å². The molecule has 0 spiro atoms. The fourth-order valence-electron chi connectivity index (χ4n) is 3.45. The highest BCUT2D eigenvalue weighted by Gasteiger charge is 2.18. The summed E-state index contributed by atoms with van der Waals surface area (Å²) in [5.41, 5.74) is 0.297. The smallest absolute Gasteiger partial charge is 0.347 e. The predicted octanol–water partition coefficient (Wildman–Crippen LogP) is 7.11. The summed E-state index contributed by atoms with van der Waals surface area (Å²) in [5.74, 6) is 0.223. The summed E-state index contributed by atoms with van der Waals surface area (Å²) in [5, 5.41) is 10.8. The molecule has 6 nitrogen and oxygen atoms in total. The molecule has 0 heterocycles. The van der Waals surface area contributed by atoms with Gasteiger partial charge in [-0.3, -0.25) is 10.1 Å². The summed E-state index contributed by atoms with van der Waals surface area (Å²) >= 11 is 0. The number of hydrogen-bond donors (Lipinski definition) is 0. The van der Waals surface area contributed by atoms with Crippen molar-refractivity contribution < 1.29 is 19.2 Å². The number of nitrogens with zero attached hydrogens (tertiary/aromatic N) is 1. The second-order valence-corrected chi connectivity index (χ2v) is 7.72. The van der Waals surface area contributed by atoms with Crippen LogP contribution in [0.3, 0.4) is 0 Å². The van der Waals surface area contributed by atoms with Gasteiger partial charge in [-0.1, -0.05) is 64.5 Å². The number of hydrogen-bond acceptors (Lipinski definition) is 5. The lowest BCUT2D eigenvalue weighted by Gasteiger charge is -2.20. The first-order valence-corrected chi connectivity index (χ1v) is 11.3. The molecule has 0 N–H and O–H groups in total. The number of esters is 1. The molecule has 2 aromatic carbocycles. The van der Waals surface area contributed by atoms with Crippen LogP contribution in [0.2, 0.25) is 0 Å². The Morgan fingerprint density at radius 1 is 0.903 bits per heavy atom. The first-order chi connectivity index (χ1) is 15.0. The van der Waals surface area contributed by atoms with Crippen molar-refractivity contribution in [3.8, 4) is 11.5 Å². The lowest BCUT2D eigenvalue weighted by atomic mass is 10.0. The third kappa shape index (κ3) is 8.40. The Hall–Kier alpha value is -2.89. The molecule has 1 unspecified atom stereocenters. The monoisotopic (exact) mass is 427 g/mol. The van der Waals surface area contributed by atoms with E-state index in [9.17, 15) is 14.9 Å². The summed E-state index contributed by atoms with van der Waals surface area (Å²) in [6.45, 7) is 4.35. The van der Waals surface area contributed by atoms with E-state index in [1.165, 1.54) is 56.4 Å². The molecular weight excluding hydrogens is 394 g/mol. The van der Waals surface area contributed by atoms with Crippen LogP contribution in [-0.4, -0.2) is 17.0 Å². The lowest BCUT2D eigenvalue weighted by Crippen LogP contribution is -2.19. The third-order valence-electron chi connectivity index (χ3n) is 5.15. The second-order valence-electron chi connectivity index (χ2n) is 7.72. The molecule has 0 amide bonds. The average Bonchev–Trinajstić information content (AvgIpc) is 2.77. The third-order valence-corrected chi connectivity index (χ3v) is 5.15. The van der Waals surface area contributed by atoms with Crippen molar-refractivity contribution in [2.45, 2.75) is 77.7 Å². The van der Waals surface area contributed by atoms with Crippen LogP contribution in [-0.2, 0) is 0 Å². The van der Waals surface area contributed by atoms with E-state index in [-0.39, 0.29) is 17.5 Å². The largest absolute Gasteiger partial charge is 0.490 e. The van der Waals surface area contributed by atoms with Crippen LogP contribution < -0.4 is 9.47 Å². The minimum absolute atomic E-state index is 0.0550. The number of rotatable bonds is 14. The molecule has 0 saturated carbocycles. The Bertz CT molecular complexity index is 819. The number of non-ortho nitro benzene ring substituents is 1. The SMILES string of the molecule is CCCCCCCCC(CCC)Oc1ccccc1C(=O)Oc1ccc([N+](=O)[O-])cc1. The fraction of sp³-hybridized carbons (Fsp3) is 0.480.